The lowest BCUT2D eigenvalue weighted by Crippen LogP contribution is -2.45. The van der Waals surface area contributed by atoms with Crippen LogP contribution in [0.1, 0.15) is 104 Å². The SMILES string of the molecule is CCCCCCCCCCCCCCC[C@@H](O)[C@H](CO[P+](O)(O)OCC[N+](C)(C)C)NC(C)=O. The first-order valence-corrected chi connectivity index (χ1v) is 14.9. The zero-order valence-electron chi connectivity index (χ0n) is 22.6. The predicted molar refractivity (Wildman–Crippen MR) is 140 cm³/mol. The van der Waals surface area contributed by atoms with Gasteiger partial charge in [-0.05, 0) is 6.42 Å². The number of nitrogens with one attached hydrogen (secondary N) is 1. The lowest BCUT2D eigenvalue weighted by molar-refractivity contribution is -0.870. The first-order chi connectivity index (χ1) is 16.0. The molecule has 0 fully saturated rings. The van der Waals surface area contributed by atoms with Crippen LogP contribution in [0.4, 0.5) is 0 Å². The van der Waals surface area contributed by atoms with Crippen LogP contribution in [0.5, 0.6) is 0 Å². The largest absolute Gasteiger partial charge is 0.570 e. The Morgan fingerprint density at radius 1 is 0.853 bits per heavy atom. The summed E-state index contributed by atoms with van der Waals surface area (Å²) in [6, 6.07) is -0.713. The highest BCUT2D eigenvalue weighted by Crippen LogP contribution is 2.52. The number of unbranched alkanes of at least 4 members (excludes halogenated alkanes) is 12. The third-order valence-corrected chi connectivity index (χ3v) is 6.90. The summed E-state index contributed by atoms with van der Waals surface area (Å²) >= 11 is 0. The van der Waals surface area contributed by atoms with Crippen molar-refractivity contribution in [3.63, 3.8) is 0 Å². The Hall–Kier alpha value is -0.340. The Kier molecular flexibility index (Phi) is 19.6. The number of aliphatic hydroxyl groups is 1. The average molecular weight is 511 g/mol. The van der Waals surface area contributed by atoms with Gasteiger partial charge in [0.25, 0.3) is 0 Å². The van der Waals surface area contributed by atoms with Gasteiger partial charge in [-0.2, -0.15) is 14.3 Å². The van der Waals surface area contributed by atoms with Crippen molar-refractivity contribution in [3.05, 3.63) is 0 Å². The molecule has 0 aliphatic rings. The molecular formula is C25H55N2O6P+2. The zero-order valence-corrected chi connectivity index (χ0v) is 23.5. The van der Waals surface area contributed by atoms with Crippen LogP contribution in [-0.4, -0.2) is 78.3 Å². The number of hydrogen-bond acceptors (Lipinski definition) is 6. The Bertz CT molecular complexity index is 502. The first-order valence-electron chi connectivity index (χ1n) is 13.4. The first kappa shape index (κ1) is 33.7. The van der Waals surface area contributed by atoms with Gasteiger partial charge in [-0.1, -0.05) is 90.4 Å². The van der Waals surface area contributed by atoms with Gasteiger partial charge in [0.15, 0.2) is 0 Å². The Balaban J connectivity index is 4.02. The van der Waals surface area contributed by atoms with Crippen molar-refractivity contribution in [3.8, 4) is 0 Å². The molecule has 0 bridgehead atoms. The van der Waals surface area contributed by atoms with Gasteiger partial charge in [0.1, 0.15) is 19.8 Å². The van der Waals surface area contributed by atoms with Crippen LogP contribution in [0, 0.1) is 0 Å². The molecule has 0 aliphatic carbocycles. The lowest BCUT2D eigenvalue weighted by atomic mass is 10.0. The van der Waals surface area contributed by atoms with E-state index >= 15 is 0 Å². The number of likely N-dealkylation sites (N-methyl/N-ethyl adjacent to an activating group) is 1. The van der Waals surface area contributed by atoms with Crippen LogP contribution in [0.15, 0.2) is 0 Å². The number of aliphatic hydroxyl groups excluding tert-OH is 1. The molecule has 0 aromatic heterocycles. The number of carbonyl (C=O) groups is 1. The van der Waals surface area contributed by atoms with Gasteiger partial charge in [0, 0.05) is 6.92 Å². The minimum atomic E-state index is -4.00. The van der Waals surface area contributed by atoms with E-state index in [2.05, 4.69) is 12.2 Å². The summed E-state index contributed by atoms with van der Waals surface area (Å²) in [6.45, 7) is 4.12. The van der Waals surface area contributed by atoms with E-state index in [4.69, 9.17) is 9.05 Å². The van der Waals surface area contributed by atoms with E-state index in [1.165, 1.54) is 71.1 Å². The second kappa shape index (κ2) is 19.8. The smallest absolute Gasteiger partial charge is 0.391 e. The van der Waals surface area contributed by atoms with E-state index in [-0.39, 0.29) is 19.1 Å². The molecule has 204 valence electrons. The highest BCUT2D eigenvalue weighted by atomic mass is 31.2. The number of amides is 1. The maximum absolute atomic E-state index is 11.5. The van der Waals surface area contributed by atoms with Crippen LogP contribution in [0.2, 0.25) is 0 Å². The van der Waals surface area contributed by atoms with E-state index in [1.54, 1.807) is 0 Å². The van der Waals surface area contributed by atoms with Gasteiger partial charge >= 0.3 is 8.17 Å². The number of carbonyl (C=O) groups excluding carboxylic acids is 1. The number of hydrogen-bond donors (Lipinski definition) is 4. The van der Waals surface area contributed by atoms with Gasteiger partial charge in [-0.3, -0.25) is 4.79 Å². The van der Waals surface area contributed by atoms with Crippen LogP contribution >= 0.6 is 8.17 Å². The number of quaternary nitrogens is 1. The molecule has 1 amide bonds. The summed E-state index contributed by atoms with van der Waals surface area (Å²) in [5.74, 6) is -0.302. The molecule has 0 saturated carbocycles. The Morgan fingerprint density at radius 2 is 1.32 bits per heavy atom. The van der Waals surface area contributed by atoms with Crippen molar-refractivity contribution >= 4 is 14.1 Å². The molecule has 0 spiro atoms. The Labute approximate surface area is 209 Å². The maximum atomic E-state index is 11.5. The van der Waals surface area contributed by atoms with Crippen LogP contribution < -0.4 is 5.32 Å². The van der Waals surface area contributed by atoms with Crippen LogP contribution in [0.3, 0.4) is 0 Å². The summed E-state index contributed by atoms with van der Waals surface area (Å²) in [5.41, 5.74) is 0. The average Bonchev–Trinajstić information content (AvgIpc) is 2.73. The molecule has 0 radical (unpaired) electrons. The highest BCUT2D eigenvalue weighted by molar-refractivity contribution is 7.54. The maximum Gasteiger partial charge on any atom is 0.570 e. The fourth-order valence-corrected chi connectivity index (χ4v) is 4.48. The van der Waals surface area contributed by atoms with E-state index in [0.29, 0.717) is 17.4 Å². The topological polar surface area (TPSA) is 108 Å². The van der Waals surface area contributed by atoms with Gasteiger partial charge in [-0.25, -0.2) is 0 Å². The monoisotopic (exact) mass is 510 g/mol. The second-order valence-electron chi connectivity index (χ2n) is 10.5. The molecule has 4 N–H and O–H groups in total. The summed E-state index contributed by atoms with van der Waals surface area (Å²) in [4.78, 5) is 31.5. The molecule has 2 atom stereocenters. The second-order valence-corrected chi connectivity index (χ2v) is 12.0. The fraction of sp³-hybridized carbons (Fsp3) is 0.960. The fourth-order valence-electron chi connectivity index (χ4n) is 3.73. The molecule has 0 saturated heterocycles. The lowest BCUT2D eigenvalue weighted by Gasteiger charge is -2.24. The van der Waals surface area contributed by atoms with Gasteiger partial charge in [0.05, 0.1) is 33.3 Å². The van der Waals surface area contributed by atoms with Crippen molar-refractivity contribution in [2.45, 2.75) is 116 Å². The third kappa shape index (κ3) is 22.1. The summed E-state index contributed by atoms with van der Waals surface area (Å²) in [6.07, 6.45) is 16.0. The van der Waals surface area contributed by atoms with Gasteiger partial charge in [-0.15, -0.1) is 4.52 Å². The number of nitrogens with zero attached hydrogens (tertiary/aromatic N) is 1. The summed E-state index contributed by atoms with van der Waals surface area (Å²) in [5, 5.41) is 13.2. The minimum Gasteiger partial charge on any atom is -0.391 e. The normalized spacial score (nSPS) is 14.2. The molecule has 34 heavy (non-hydrogen) atoms. The molecule has 0 unspecified atom stereocenters. The van der Waals surface area contributed by atoms with E-state index in [9.17, 15) is 19.7 Å². The van der Waals surface area contributed by atoms with Gasteiger partial charge in [0.2, 0.25) is 5.91 Å². The molecule has 0 heterocycles. The highest BCUT2D eigenvalue weighted by Gasteiger charge is 2.41. The van der Waals surface area contributed by atoms with Crippen molar-refractivity contribution in [1.29, 1.82) is 0 Å². The van der Waals surface area contributed by atoms with E-state index in [1.807, 2.05) is 21.1 Å². The van der Waals surface area contributed by atoms with Gasteiger partial charge < -0.3 is 14.9 Å². The summed E-state index contributed by atoms with van der Waals surface area (Å²) < 4.78 is 10.9. The molecule has 0 aromatic rings. The van der Waals surface area contributed by atoms with Crippen molar-refractivity contribution < 1.29 is 33.2 Å². The predicted octanol–water partition coefficient (Wildman–Crippen LogP) is 4.73. The van der Waals surface area contributed by atoms with Crippen LogP contribution in [-0.2, 0) is 13.8 Å². The molecule has 0 aromatic carbocycles. The van der Waals surface area contributed by atoms with Crippen molar-refractivity contribution in [2.24, 2.45) is 0 Å². The Morgan fingerprint density at radius 3 is 1.76 bits per heavy atom. The number of rotatable bonds is 23. The van der Waals surface area contributed by atoms with Crippen LogP contribution in [0.25, 0.3) is 0 Å². The molecule has 8 nitrogen and oxygen atoms in total. The standard InChI is InChI=1S/C25H54N2O6P/c1-6-7-8-9-10-11-12-13-14-15-16-17-18-19-25(29)24(26-23(2)28)22-33-34(30,31)32-21-20-27(3,4)5/h24-25,29-31H,6-22H2,1-5H3/q+1/p+1/t24-,25+/m0/s1. The zero-order chi connectivity index (χ0) is 25.9. The van der Waals surface area contributed by atoms with Crippen molar-refractivity contribution in [1.82, 2.24) is 5.32 Å². The van der Waals surface area contributed by atoms with Crippen molar-refractivity contribution in [2.75, 3.05) is 40.9 Å². The minimum absolute atomic E-state index is 0.136. The molecule has 0 aliphatic heterocycles. The summed E-state index contributed by atoms with van der Waals surface area (Å²) in [7, 11) is 1.91. The molecule has 9 heteroatoms. The third-order valence-electron chi connectivity index (χ3n) is 5.90. The van der Waals surface area contributed by atoms with E-state index in [0.717, 1.165) is 19.3 Å². The molecule has 0 rings (SSSR count). The quantitative estimate of drug-likeness (QED) is 0.0899. The van der Waals surface area contributed by atoms with E-state index < -0.39 is 20.3 Å². The molecular weight excluding hydrogens is 455 g/mol.